The third kappa shape index (κ3) is 5.16. The lowest BCUT2D eigenvalue weighted by Gasteiger charge is -2.26. The number of guanidine groups is 1. The van der Waals surface area contributed by atoms with Crippen LogP contribution >= 0.6 is 35.3 Å². The number of amides is 1. The van der Waals surface area contributed by atoms with Gasteiger partial charge in [-0.05, 0) is 25.5 Å². The molecule has 0 fully saturated rings. The SMILES string of the molecule is CCNC(=NCc1scnc1C)NCC1CC(=O)Nc2ccccc21.I. The maximum Gasteiger partial charge on any atom is 0.225 e. The third-order valence-corrected chi connectivity index (χ3v) is 5.11. The van der Waals surface area contributed by atoms with Gasteiger partial charge in [0.2, 0.25) is 5.91 Å². The van der Waals surface area contributed by atoms with Crippen molar-refractivity contribution in [3.05, 3.63) is 45.9 Å². The maximum atomic E-state index is 11.9. The molecular weight excluding hydrogens is 461 g/mol. The fourth-order valence-corrected chi connectivity index (χ4v) is 3.57. The van der Waals surface area contributed by atoms with Crippen LogP contribution in [0.4, 0.5) is 5.69 Å². The highest BCUT2D eigenvalue weighted by atomic mass is 127. The minimum atomic E-state index is 0. The van der Waals surface area contributed by atoms with Gasteiger partial charge < -0.3 is 16.0 Å². The predicted molar refractivity (Wildman–Crippen MR) is 118 cm³/mol. The quantitative estimate of drug-likeness (QED) is 0.345. The fraction of sp³-hybridized carbons (Fsp3) is 0.389. The van der Waals surface area contributed by atoms with Crippen LogP contribution in [0.15, 0.2) is 34.8 Å². The van der Waals surface area contributed by atoms with Crippen LogP contribution in [-0.4, -0.2) is 29.9 Å². The van der Waals surface area contributed by atoms with Crippen LogP contribution in [0.3, 0.4) is 0 Å². The summed E-state index contributed by atoms with van der Waals surface area (Å²) in [6.45, 7) is 6.10. The molecule has 6 nitrogen and oxygen atoms in total. The van der Waals surface area contributed by atoms with Gasteiger partial charge in [-0.2, -0.15) is 0 Å². The molecule has 2 aromatic rings. The van der Waals surface area contributed by atoms with Gasteiger partial charge in [0.25, 0.3) is 0 Å². The number of fused-ring (bicyclic) bond motifs is 1. The average molecular weight is 485 g/mol. The number of nitrogens with zero attached hydrogens (tertiary/aromatic N) is 2. The summed E-state index contributed by atoms with van der Waals surface area (Å²) in [5.74, 6) is 0.963. The molecule has 0 bridgehead atoms. The van der Waals surface area contributed by atoms with E-state index in [0.29, 0.717) is 19.5 Å². The Morgan fingerprint density at radius 3 is 2.92 bits per heavy atom. The summed E-state index contributed by atoms with van der Waals surface area (Å²) in [4.78, 5) is 22.0. The number of nitrogens with one attached hydrogen (secondary N) is 3. The minimum Gasteiger partial charge on any atom is -0.357 e. The summed E-state index contributed by atoms with van der Waals surface area (Å²) in [6.07, 6.45) is 0.484. The van der Waals surface area contributed by atoms with Crippen molar-refractivity contribution in [2.75, 3.05) is 18.4 Å². The molecule has 1 aliphatic heterocycles. The van der Waals surface area contributed by atoms with Crippen molar-refractivity contribution in [2.24, 2.45) is 4.99 Å². The van der Waals surface area contributed by atoms with Crippen molar-refractivity contribution in [3.8, 4) is 0 Å². The first-order valence-corrected chi connectivity index (χ1v) is 9.35. The van der Waals surface area contributed by atoms with Gasteiger partial charge in [-0.1, -0.05) is 18.2 Å². The highest BCUT2D eigenvalue weighted by Crippen LogP contribution is 2.31. The number of benzene rings is 1. The first kappa shape index (κ1) is 20.6. The van der Waals surface area contributed by atoms with Gasteiger partial charge in [-0.25, -0.2) is 9.98 Å². The van der Waals surface area contributed by atoms with Crippen LogP contribution in [0.25, 0.3) is 0 Å². The van der Waals surface area contributed by atoms with E-state index in [4.69, 9.17) is 0 Å². The summed E-state index contributed by atoms with van der Waals surface area (Å²) >= 11 is 1.62. The van der Waals surface area contributed by atoms with E-state index in [2.05, 4.69) is 32.0 Å². The van der Waals surface area contributed by atoms with Gasteiger partial charge in [0.15, 0.2) is 5.96 Å². The molecule has 0 radical (unpaired) electrons. The number of hydrogen-bond acceptors (Lipinski definition) is 4. The van der Waals surface area contributed by atoms with E-state index in [1.165, 1.54) is 10.4 Å². The molecule has 1 aromatic heterocycles. The van der Waals surface area contributed by atoms with Crippen molar-refractivity contribution >= 4 is 52.9 Å². The van der Waals surface area contributed by atoms with Gasteiger partial charge in [-0.3, -0.25) is 4.79 Å². The van der Waals surface area contributed by atoms with E-state index in [9.17, 15) is 4.79 Å². The summed E-state index contributed by atoms with van der Waals surface area (Å²) in [5, 5.41) is 9.57. The van der Waals surface area contributed by atoms with Crippen LogP contribution in [0.2, 0.25) is 0 Å². The zero-order valence-electron chi connectivity index (χ0n) is 14.9. The van der Waals surface area contributed by atoms with Gasteiger partial charge in [-0.15, -0.1) is 35.3 Å². The topological polar surface area (TPSA) is 78.4 Å². The zero-order valence-corrected chi connectivity index (χ0v) is 18.1. The molecule has 1 amide bonds. The highest BCUT2D eigenvalue weighted by molar-refractivity contribution is 14.0. The van der Waals surface area contributed by atoms with Gasteiger partial charge >= 0.3 is 0 Å². The van der Waals surface area contributed by atoms with E-state index in [1.807, 2.05) is 37.6 Å². The number of aromatic nitrogens is 1. The molecule has 0 saturated carbocycles. The molecule has 3 rings (SSSR count). The van der Waals surface area contributed by atoms with Crippen LogP contribution in [-0.2, 0) is 11.3 Å². The van der Waals surface area contributed by atoms with E-state index in [0.717, 1.165) is 23.9 Å². The number of anilines is 1. The molecule has 1 aliphatic rings. The molecule has 0 spiro atoms. The van der Waals surface area contributed by atoms with Crippen molar-refractivity contribution in [1.82, 2.24) is 15.6 Å². The Morgan fingerprint density at radius 1 is 1.38 bits per heavy atom. The molecule has 26 heavy (non-hydrogen) atoms. The van der Waals surface area contributed by atoms with Crippen LogP contribution < -0.4 is 16.0 Å². The summed E-state index contributed by atoms with van der Waals surface area (Å²) in [5.41, 5.74) is 4.96. The number of halogens is 1. The molecule has 140 valence electrons. The Kier molecular flexibility index (Phi) is 7.83. The molecule has 1 aromatic carbocycles. The number of hydrogen-bond donors (Lipinski definition) is 3. The summed E-state index contributed by atoms with van der Waals surface area (Å²) in [6, 6.07) is 7.98. The number of aryl methyl sites for hydroxylation is 1. The first-order valence-electron chi connectivity index (χ1n) is 8.47. The number of thiazole rings is 1. The maximum absolute atomic E-state index is 11.9. The standard InChI is InChI=1S/C18H23N5OS.HI/c1-3-19-18(21-10-16-12(2)22-11-25-16)20-9-13-8-17(24)23-15-7-5-4-6-14(13)15;/h4-7,11,13H,3,8-10H2,1-2H3,(H,23,24)(H2,19,20,21);1H. The Hall–Kier alpha value is -1.68. The molecule has 2 heterocycles. The zero-order chi connectivity index (χ0) is 17.6. The lowest BCUT2D eigenvalue weighted by molar-refractivity contribution is -0.116. The second-order valence-electron chi connectivity index (χ2n) is 5.97. The van der Waals surface area contributed by atoms with E-state index in [1.54, 1.807) is 11.3 Å². The molecule has 0 saturated heterocycles. The molecule has 1 unspecified atom stereocenters. The highest BCUT2D eigenvalue weighted by Gasteiger charge is 2.24. The largest absolute Gasteiger partial charge is 0.357 e. The molecule has 8 heteroatoms. The number of rotatable bonds is 5. The van der Waals surface area contributed by atoms with Crippen molar-refractivity contribution < 1.29 is 4.79 Å². The van der Waals surface area contributed by atoms with Crippen LogP contribution in [0.1, 0.15) is 35.4 Å². The Bertz CT molecular complexity index is 776. The van der Waals surface area contributed by atoms with Gasteiger partial charge in [0.1, 0.15) is 0 Å². The number of aliphatic imine (C=N–C) groups is 1. The Balaban J connectivity index is 0.00000243. The van der Waals surface area contributed by atoms with Crippen LogP contribution in [0.5, 0.6) is 0 Å². The molecule has 1 atom stereocenters. The third-order valence-electron chi connectivity index (χ3n) is 4.19. The Labute approximate surface area is 174 Å². The number of para-hydroxylation sites is 1. The number of carbonyl (C=O) groups is 1. The van der Waals surface area contributed by atoms with Crippen molar-refractivity contribution in [3.63, 3.8) is 0 Å². The van der Waals surface area contributed by atoms with Crippen molar-refractivity contribution in [1.29, 1.82) is 0 Å². The molecular formula is C18H24IN5OS. The second-order valence-corrected chi connectivity index (χ2v) is 6.91. The van der Waals surface area contributed by atoms with E-state index < -0.39 is 0 Å². The van der Waals surface area contributed by atoms with Crippen molar-refractivity contribution in [2.45, 2.75) is 32.7 Å². The smallest absolute Gasteiger partial charge is 0.225 e. The normalized spacial score (nSPS) is 16.3. The number of carbonyl (C=O) groups excluding carboxylic acids is 1. The molecule has 0 aliphatic carbocycles. The van der Waals surface area contributed by atoms with E-state index >= 15 is 0 Å². The molecule has 3 N–H and O–H groups in total. The average Bonchev–Trinajstić information content (AvgIpc) is 3.02. The monoisotopic (exact) mass is 485 g/mol. The Morgan fingerprint density at radius 2 is 2.19 bits per heavy atom. The van der Waals surface area contributed by atoms with E-state index in [-0.39, 0.29) is 35.8 Å². The van der Waals surface area contributed by atoms with Gasteiger partial charge in [0, 0.05) is 36.0 Å². The van der Waals surface area contributed by atoms with Gasteiger partial charge in [0.05, 0.1) is 17.7 Å². The first-order chi connectivity index (χ1) is 12.2. The summed E-state index contributed by atoms with van der Waals surface area (Å²) in [7, 11) is 0. The van der Waals surface area contributed by atoms with Crippen LogP contribution in [0, 0.1) is 6.92 Å². The lowest BCUT2D eigenvalue weighted by Crippen LogP contribution is -2.40. The fourth-order valence-electron chi connectivity index (χ4n) is 2.87. The minimum absolute atomic E-state index is 0. The predicted octanol–water partition coefficient (Wildman–Crippen LogP) is 3.25. The summed E-state index contributed by atoms with van der Waals surface area (Å²) < 4.78 is 0. The lowest BCUT2D eigenvalue weighted by atomic mass is 9.90. The second kappa shape index (κ2) is 9.86.